The van der Waals surface area contributed by atoms with Crippen molar-refractivity contribution in [3.8, 4) is 0 Å². The van der Waals surface area contributed by atoms with E-state index < -0.39 is 5.60 Å². The Hall–Kier alpha value is -1.36. The Kier molecular flexibility index (Phi) is 4.25. The van der Waals surface area contributed by atoms with E-state index in [1.165, 1.54) is 6.33 Å². The van der Waals surface area contributed by atoms with Crippen LogP contribution >= 0.6 is 23.2 Å². The number of hydrogen-bond donors (Lipinski definition) is 1. The van der Waals surface area contributed by atoms with Crippen LogP contribution in [0.15, 0.2) is 36.4 Å². The van der Waals surface area contributed by atoms with Crippen LogP contribution in [0.5, 0.6) is 0 Å². The zero-order valence-electron chi connectivity index (χ0n) is 13.1. The van der Waals surface area contributed by atoms with Crippen molar-refractivity contribution >= 4 is 29.3 Å². The Morgan fingerprint density at radius 2 is 2.09 bits per heavy atom. The SMILES string of the molecule is CC1(C)CCC(=Cc2ccc(Cl)c(Cl)c2)C1(O)Cn1cncn1. The lowest BCUT2D eigenvalue weighted by Crippen LogP contribution is -2.45. The van der Waals surface area contributed by atoms with Gasteiger partial charge >= 0.3 is 0 Å². The van der Waals surface area contributed by atoms with Crippen molar-refractivity contribution in [3.05, 3.63) is 52.0 Å². The third-order valence-electron chi connectivity index (χ3n) is 4.81. The van der Waals surface area contributed by atoms with E-state index >= 15 is 0 Å². The minimum atomic E-state index is -0.979. The molecule has 4 nitrogen and oxygen atoms in total. The molecule has 0 spiro atoms. The fraction of sp³-hybridized carbons (Fsp3) is 0.412. The maximum Gasteiger partial charge on any atom is 0.137 e. The van der Waals surface area contributed by atoms with E-state index in [4.69, 9.17) is 23.2 Å². The molecule has 1 aliphatic rings. The Morgan fingerprint density at radius 1 is 1.30 bits per heavy atom. The number of nitrogens with zero attached hydrogens (tertiary/aromatic N) is 3. The number of hydrogen-bond acceptors (Lipinski definition) is 3. The van der Waals surface area contributed by atoms with Gasteiger partial charge in [0.2, 0.25) is 0 Å². The van der Waals surface area contributed by atoms with Gasteiger partial charge in [-0.15, -0.1) is 0 Å². The molecule has 1 saturated carbocycles. The van der Waals surface area contributed by atoms with Gasteiger partial charge in [0, 0.05) is 0 Å². The fourth-order valence-electron chi connectivity index (χ4n) is 3.15. The van der Waals surface area contributed by atoms with Crippen molar-refractivity contribution < 1.29 is 5.11 Å². The molecule has 0 amide bonds. The summed E-state index contributed by atoms with van der Waals surface area (Å²) >= 11 is 12.1. The zero-order valence-corrected chi connectivity index (χ0v) is 14.6. The molecule has 1 heterocycles. The molecule has 2 aromatic rings. The second kappa shape index (κ2) is 5.93. The smallest absolute Gasteiger partial charge is 0.137 e. The van der Waals surface area contributed by atoms with E-state index in [1.807, 2.05) is 18.2 Å². The Labute approximate surface area is 145 Å². The molecule has 0 radical (unpaired) electrons. The number of halogens is 2. The van der Waals surface area contributed by atoms with Gasteiger partial charge in [-0.3, -0.25) is 0 Å². The van der Waals surface area contributed by atoms with E-state index in [0.29, 0.717) is 16.6 Å². The molecule has 1 fully saturated rings. The zero-order chi connectivity index (χ0) is 16.7. The molecule has 122 valence electrons. The first kappa shape index (κ1) is 16.5. The lowest BCUT2D eigenvalue weighted by Gasteiger charge is -2.37. The van der Waals surface area contributed by atoms with Crippen molar-refractivity contribution in [1.29, 1.82) is 0 Å². The first-order valence-electron chi connectivity index (χ1n) is 7.53. The summed E-state index contributed by atoms with van der Waals surface area (Å²) < 4.78 is 1.68. The van der Waals surface area contributed by atoms with Gasteiger partial charge in [-0.2, -0.15) is 5.10 Å². The molecular weight excluding hydrogens is 333 g/mol. The van der Waals surface area contributed by atoms with Crippen LogP contribution in [0, 0.1) is 5.41 Å². The Bertz CT molecular complexity index is 740. The maximum atomic E-state index is 11.4. The van der Waals surface area contributed by atoms with Crippen LogP contribution in [0.2, 0.25) is 10.0 Å². The highest BCUT2D eigenvalue weighted by Gasteiger charge is 2.51. The first-order chi connectivity index (χ1) is 10.8. The van der Waals surface area contributed by atoms with Crippen molar-refractivity contribution in [2.45, 2.75) is 38.8 Å². The van der Waals surface area contributed by atoms with Gasteiger partial charge in [0.05, 0.1) is 16.6 Å². The van der Waals surface area contributed by atoms with Crippen molar-refractivity contribution in [2.24, 2.45) is 5.41 Å². The predicted molar refractivity (Wildman–Crippen MR) is 92.4 cm³/mol. The molecule has 23 heavy (non-hydrogen) atoms. The molecule has 0 bridgehead atoms. The second-order valence-corrected chi connectivity index (χ2v) is 7.49. The van der Waals surface area contributed by atoms with Crippen LogP contribution in [0.3, 0.4) is 0 Å². The molecule has 3 rings (SSSR count). The topological polar surface area (TPSA) is 50.9 Å². The van der Waals surface area contributed by atoms with Gasteiger partial charge in [-0.25, -0.2) is 9.67 Å². The minimum absolute atomic E-state index is 0.249. The van der Waals surface area contributed by atoms with Crippen LogP contribution in [-0.4, -0.2) is 25.5 Å². The largest absolute Gasteiger partial charge is 0.383 e. The molecule has 1 N–H and O–H groups in total. The highest BCUT2D eigenvalue weighted by Crippen LogP contribution is 2.50. The third-order valence-corrected chi connectivity index (χ3v) is 5.55. The lowest BCUT2D eigenvalue weighted by molar-refractivity contribution is -0.0298. The molecule has 1 aromatic heterocycles. The van der Waals surface area contributed by atoms with Crippen molar-refractivity contribution in [1.82, 2.24) is 14.8 Å². The van der Waals surface area contributed by atoms with Gasteiger partial charge < -0.3 is 5.11 Å². The van der Waals surface area contributed by atoms with E-state index in [1.54, 1.807) is 17.1 Å². The van der Waals surface area contributed by atoms with E-state index in [9.17, 15) is 5.11 Å². The number of rotatable bonds is 3. The van der Waals surface area contributed by atoms with Crippen LogP contribution in [-0.2, 0) is 6.54 Å². The summed E-state index contributed by atoms with van der Waals surface area (Å²) in [7, 11) is 0. The highest BCUT2D eigenvalue weighted by molar-refractivity contribution is 6.42. The average molecular weight is 352 g/mol. The highest BCUT2D eigenvalue weighted by atomic mass is 35.5. The van der Waals surface area contributed by atoms with Gasteiger partial charge in [-0.05, 0) is 41.5 Å². The number of aromatic nitrogens is 3. The van der Waals surface area contributed by atoms with Crippen LogP contribution in [0.25, 0.3) is 6.08 Å². The van der Waals surface area contributed by atoms with Gasteiger partial charge in [0.1, 0.15) is 18.3 Å². The molecule has 0 saturated heterocycles. The summed E-state index contributed by atoms with van der Waals surface area (Å²) in [5.41, 5.74) is 0.689. The van der Waals surface area contributed by atoms with E-state index in [2.05, 4.69) is 23.9 Å². The molecule has 1 aliphatic carbocycles. The van der Waals surface area contributed by atoms with Crippen molar-refractivity contribution in [3.63, 3.8) is 0 Å². The summed E-state index contributed by atoms with van der Waals surface area (Å²) in [6.07, 6.45) is 6.86. The summed E-state index contributed by atoms with van der Waals surface area (Å²) in [6.45, 7) is 4.55. The maximum absolute atomic E-state index is 11.4. The molecule has 1 unspecified atom stereocenters. The molecule has 6 heteroatoms. The second-order valence-electron chi connectivity index (χ2n) is 6.68. The molecule has 1 aromatic carbocycles. The van der Waals surface area contributed by atoms with Crippen LogP contribution in [0.4, 0.5) is 0 Å². The summed E-state index contributed by atoms with van der Waals surface area (Å²) in [6, 6.07) is 5.49. The molecular formula is C17H19Cl2N3O. The molecule has 1 atom stereocenters. The molecule has 0 aliphatic heterocycles. The quantitative estimate of drug-likeness (QED) is 0.900. The first-order valence-corrected chi connectivity index (χ1v) is 8.28. The fourth-order valence-corrected chi connectivity index (χ4v) is 3.46. The van der Waals surface area contributed by atoms with E-state index in [0.717, 1.165) is 24.0 Å². The van der Waals surface area contributed by atoms with E-state index in [-0.39, 0.29) is 5.41 Å². The van der Waals surface area contributed by atoms with Gasteiger partial charge in [0.15, 0.2) is 0 Å². The number of aliphatic hydroxyl groups is 1. The average Bonchev–Trinajstić information content (AvgIpc) is 3.06. The van der Waals surface area contributed by atoms with Gasteiger partial charge in [-0.1, -0.05) is 49.2 Å². The minimum Gasteiger partial charge on any atom is -0.383 e. The van der Waals surface area contributed by atoms with Crippen molar-refractivity contribution in [2.75, 3.05) is 0 Å². The Balaban J connectivity index is 1.99. The summed E-state index contributed by atoms with van der Waals surface area (Å²) in [4.78, 5) is 3.96. The predicted octanol–water partition coefficient (Wildman–Crippen LogP) is 4.22. The number of benzene rings is 1. The summed E-state index contributed by atoms with van der Waals surface area (Å²) in [5.74, 6) is 0. The normalized spacial score (nSPS) is 25.2. The standard InChI is InChI=1S/C17H19Cl2N3O/c1-16(2)6-5-13(7-12-3-4-14(18)15(19)8-12)17(16,23)9-22-11-20-10-21-22/h3-4,7-8,10-11,23H,5-6,9H2,1-2H3. The lowest BCUT2D eigenvalue weighted by atomic mass is 9.76. The van der Waals surface area contributed by atoms with Crippen LogP contribution < -0.4 is 0 Å². The summed E-state index contributed by atoms with van der Waals surface area (Å²) in [5, 5.41) is 16.6. The third kappa shape index (κ3) is 3.03. The Morgan fingerprint density at radius 3 is 2.74 bits per heavy atom. The monoisotopic (exact) mass is 351 g/mol. The van der Waals surface area contributed by atoms with Crippen LogP contribution in [0.1, 0.15) is 32.3 Å². The van der Waals surface area contributed by atoms with Gasteiger partial charge in [0.25, 0.3) is 0 Å².